The molecule has 4 aromatic rings. The summed E-state index contributed by atoms with van der Waals surface area (Å²) < 4.78 is 14.2. The van der Waals surface area contributed by atoms with Crippen LogP contribution in [0.1, 0.15) is 41.5 Å². The molecule has 0 saturated heterocycles. The molecule has 0 saturated carbocycles. The van der Waals surface area contributed by atoms with E-state index < -0.39 is 18.1 Å². The van der Waals surface area contributed by atoms with Gasteiger partial charge in [-0.15, -0.1) is 0 Å². The highest BCUT2D eigenvalue weighted by Gasteiger charge is 2.33. The third-order valence-corrected chi connectivity index (χ3v) is 12.8. The van der Waals surface area contributed by atoms with Crippen LogP contribution < -0.4 is 26.1 Å². The Kier molecular flexibility index (Phi) is 10.9. The SMILES string of the molecule is CC(C)(C)C(CNCC(O[SiH](c1ccccc1)c1ccccc1)C(C)(C)C)O[SiH](c1ccccc1)c1ccccc1. The molecule has 1 N–H and O–H groups in total. The van der Waals surface area contributed by atoms with Crippen LogP contribution in [0.3, 0.4) is 0 Å². The van der Waals surface area contributed by atoms with Crippen LogP contribution >= 0.6 is 0 Å². The van der Waals surface area contributed by atoms with E-state index in [0.29, 0.717) is 0 Å². The Morgan fingerprint density at radius 3 is 0.927 bits per heavy atom. The number of rotatable bonds is 12. The Bertz CT molecular complexity index is 1110. The summed E-state index contributed by atoms with van der Waals surface area (Å²) in [4.78, 5) is 0. The molecule has 0 bridgehead atoms. The van der Waals surface area contributed by atoms with Crippen molar-refractivity contribution in [2.75, 3.05) is 13.1 Å². The third-order valence-electron chi connectivity index (χ3n) is 7.60. The number of hydrogen-bond donors (Lipinski definition) is 1. The van der Waals surface area contributed by atoms with E-state index in [1.54, 1.807) is 0 Å². The van der Waals surface area contributed by atoms with Crippen molar-refractivity contribution >= 4 is 38.8 Å². The van der Waals surface area contributed by atoms with Crippen molar-refractivity contribution in [2.24, 2.45) is 10.8 Å². The lowest BCUT2D eigenvalue weighted by Crippen LogP contribution is -2.54. The van der Waals surface area contributed by atoms with Crippen LogP contribution in [-0.2, 0) is 8.85 Å². The molecule has 0 spiro atoms. The summed E-state index contributed by atoms with van der Waals surface area (Å²) in [6, 6.07) is 43.1. The van der Waals surface area contributed by atoms with Crippen LogP contribution in [0.2, 0.25) is 0 Å². The summed E-state index contributed by atoms with van der Waals surface area (Å²) in [5, 5.41) is 9.04. The summed E-state index contributed by atoms with van der Waals surface area (Å²) >= 11 is 0. The van der Waals surface area contributed by atoms with E-state index in [0.717, 1.165) is 13.1 Å². The van der Waals surface area contributed by atoms with Crippen molar-refractivity contribution in [1.82, 2.24) is 5.32 Å². The van der Waals surface area contributed by atoms with Crippen LogP contribution in [-0.4, -0.2) is 43.4 Å². The van der Waals surface area contributed by atoms with E-state index in [1.165, 1.54) is 20.7 Å². The molecule has 41 heavy (non-hydrogen) atoms. The Hall–Kier alpha value is -2.81. The van der Waals surface area contributed by atoms with Crippen LogP contribution in [0.5, 0.6) is 0 Å². The van der Waals surface area contributed by atoms with Gasteiger partial charge >= 0.3 is 0 Å². The Balaban J connectivity index is 1.52. The van der Waals surface area contributed by atoms with Gasteiger partial charge in [0.2, 0.25) is 18.1 Å². The normalized spacial score (nSPS) is 13.9. The van der Waals surface area contributed by atoms with Gasteiger partial charge in [-0.1, -0.05) is 163 Å². The summed E-state index contributed by atoms with van der Waals surface area (Å²) in [5.74, 6) is 0. The van der Waals surface area contributed by atoms with Crippen LogP contribution in [0, 0.1) is 10.8 Å². The van der Waals surface area contributed by atoms with Gasteiger partial charge in [-0.05, 0) is 31.6 Å². The molecule has 4 rings (SSSR count). The van der Waals surface area contributed by atoms with E-state index in [-0.39, 0.29) is 23.0 Å². The summed E-state index contributed by atoms with van der Waals surface area (Å²) in [6.07, 6.45) is 0.105. The fourth-order valence-corrected chi connectivity index (χ4v) is 10.4. The average Bonchev–Trinajstić information content (AvgIpc) is 2.97. The molecule has 3 nitrogen and oxygen atoms in total. The van der Waals surface area contributed by atoms with Crippen molar-refractivity contribution in [2.45, 2.75) is 53.8 Å². The Morgan fingerprint density at radius 2 is 0.707 bits per heavy atom. The predicted octanol–water partition coefficient (Wildman–Crippen LogP) is 4.52. The molecule has 2 atom stereocenters. The molecular weight excluding hydrogens is 535 g/mol. The van der Waals surface area contributed by atoms with Gasteiger partial charge < -0.3 is 14.2 Å². The van der Waals surface area contributed by atoms with Gasteiger partial charge in [0.15, 0.2) is 0 Å². The molecule has 216 valence electrons. The van der Waals surface area contributed by atoms with E-state index >= 15 is 0 Å². The summed E-state index contributed by atoms with van der Waals surface area (Å²) in [6.45, 7) is 15.2. The summed E-state index contributed by atoms with van der Waals surface area (Å²) in [7, 11) is -3.76. The quantitative estimate of drug-likeness (QED) is 0.250. The van der Waals surface area contributed by atoms with Gasteiger partial charge in [0.05, 0.1) is 12.2 Å². The van der Waals surface area contributed by atoms with Gasteiger partial charge in [-0.2, -0.15) is 0 Å². The maximum Gasteiger partial charge on any atom is 0.240 e. The van der Waals surface area contributed by atoms with E-state index in [9.17, 15) is 0 Å². The minimum absolute atomic E-state index is 0.0226. The lowest BCUT2D eigenvalue weighted by Gasteiger charge is -2.37. The molecule has 0 aliphatic carbocycles. The first-order valence-corrected chi connectivity index (χ1v) is 18.1. The Labute approximate surface area is 251 Å². The van der Waals surface area contributed by atoms with Crippen molar-refractivity contribution in [3.63, 3.8) is 0 Å². The highest BCUT2D eigenvalue weighted by molar-refractivity contribution is 6.80. The Morgan fingerprint density at radius 1 is 0.463 bits per heavy atom. The number of nitrogens with one attached hydrogen (secondary N) is 1. The second-order valence-electron chi connectivity index (χ2n) is 13.0. The fraction of sp³-hybridized carbons (Fsp3) is 0.333. The number of benzene rings is 4. The molecule has 0 amide bonds. The summed E-state index contributed by atoms with van der Waals surface area (Å²) in [5.41, 5.74) is -0.0451. The van der Waals surface area contributed by atoms with Gasteiger partial charge in [-0.3, -0.25) is 0 Å². The molecule has 0 aromatic heterocycles. The average molecular weight is 582 g/mol. The molecule has 0 radical (unpaired) electrons. The van der Waals surface area contributed by atoms with Gasteiger partial charge in [-0.25, -0.2) is 0 Å². The van der Waals surface area contributed by atoms with Gasteiger partial charge in [0.25, 0.3) is 0 Å². The molecule has 0 aliphatic heterocycles. The predicted molar refractivity (Wildman–Crippen MR) is 180 cm³/mol. The zero-order valence-electron chi connectivity index (χ0n) is 25.6. The minimum atomic E-state index is -1.88. The lowest BCUT2D eigenvalue weighted by atomic mass is 9.88. The zero-order chi connectivity index (χ0) is 29.3. The second kappa shape index (κ2) is 14.4. The molecule has 4 aromatic carbocycles. The second-order valence-corrected chi connectivity index (χ2v) is 17.8. The highest BCUT2D eigenvalue weighted by Crippen LogP contribution is 2.25. The van der Waals surface area contributed by atoms with E-state index in [1.807, 2.05) is 0 Å². The first-order valence-electron chi connectivity index (χ1n) is 14.8. The van der Waals surface area contributed by atoms with Gasteiger partial charge in [0.1, 0.15) is 0 Å². The minimum Gasteiger partial charge on any atom is -0.406 e. The maximum atomic E-state index is 7.12. The van der Waals surface area contributed by atoms with E-state index in [2.05, 4.69) is 168 Å². The first kappa shape index (κ1) is 31.1. The third kappa shape index (κ3) is 9.09. The van der Waals surface area contributed by atoms with Gasteiger partial charge in [0, 0.05) is 13.1 Å². The van der Waals surface area contributed by atoms with Crippen LogP contribution in [0.15, 0.2) is 121 Å². The van der Waals surface area contributed by atoms with Crippen LogP contribution in [0.4, 0.5) is 0 Å². The van der Waals surface area contributed by atoms with E-state index in [4.69, 9.17) is 8.85 Å². The molecule has 0 heterocycles. The highest BCUT2D eigenvalue weighted by atomic mass is 28.3. The topological polar surface area (TPSA) is 30.5 Å². The molecule has 5 heteroatoms. The first-order chi connectivity index (χ1) is 19.6. The monoisotopic (exact) mass is 581 g/mol. The van der Waals surface area contributed by atoms with Crippen molar-refractivity contribution in [1.29, 1.82) is 0 Å². The van der Waals surface area contributed by atoms with Crippen molar-refractivity contribution in [3.05, 3.63) is 121 Å². The lowest BCUT2D eigenvalue weighted by molar-refractivity contribution is 0.0659. The smallest absolute Gasteiger partial charge is 0.240 e. The van der Waals surface area contributed by atoms with Crippen molar-refractivity contribution < 1.29 is 8.85 Å². The maximum absolute atomic E-state index is 7.12. The largest absolute Gasteiger partial charge is 0.406 e. The standard InChI is InChI=1S/C36H47NO2Si2/c1-35(2,3)33(38-40(29-19-11-7-12-20-29)30-21-13-8-14-22-30)27-37-28-34(36(4,5)6)39-41(31-23-15-9-16-24-31)32-25-17-10-18-26-32/h7-26,33-34,37,40-41H,27-28H2,1-6H3. The zero-order valence-corrected chi connectivity index (χ0v) is 27.9. The number of hydrogen-bond acceptors (Lipinski definition) is 3. The van der Waals surface area contributed by atoms with Crippen molar-refractivity contribution in [3.8, 4) is 0 Å². The fourth-order valence-electron chi connectivity index (χ4n) is 5.00. The molecule has 0 aliphatic rings. The molecular formula is C36H47NO2Si2. The molecule has 2 unspecified atom stereocenters. The molecule has 0 fully saturated rings. The van der Waals surface area contributed by atoms with Crippen LogP contribution in [0.25, 0.3) is 0 Å².